The van der Waals surface area contributed by atoms with E-state index in [2.05, 4.69) is 45.1 Å². The predicted octanol–water partition coefficient (Wildman–Crippen LogP) is 17.9. The Morgan fingerprint density at radius 2 is 0.548 bits per heavy atom. The van der Waals surface area contributed by atoms with Gasteiger partial charge in [-0.1, -0.05) is 238 Å². The van der Waals surface area contributed by atoms with Crippen LogP contribution in [0.1, 0.15) is 297 Å². The minimum Gasteiger partial charge on any atom is -0.462 e. The van der Waals surface area contributed by atoms with Crippen LogP contribution in [0.3, 0.4) is 0 Å². The van der Waals surface area contributed by atoms with Gasteiger partial charge < -0.3 is 14.2 Å². The number of unbranched alkanes of at least 4 members (excludes halogenated alkanes) is 35. The molecule has 0 aliphatic carbocycles. The summed E-state index contributed by atoms with van der Waals surface area (Å²) in [4.78, 5) is 38.0. The van der Waals surface area contributed by atoms with E-state index in [4.69, 9.17) is 14.2 Å². The third-order valence-electron chi connectivity index (χ3n) is 12.2. The summed E-state index contributed by atoms with van der Waals surface area (Å²) in [7, 11) is 0. The van der Waals surface area contributed by atoms with E-state index in [1.165, 1.54) is 173 Å². The second kappa shape index (κ2) is 51.5. The maximum absolute atomic E-state index is 12.8. The Kier molecular flexibility index (Phi) is 49.8. The van der Waals surface area contributed by atoms with Gasteiger partial charge in [0.25, 0.3) is 0 Å². The largest absolute Gasteiger partial charge is 0.462 e. The molecule has 0 heterocycles. The fourth-order valence-corrected chi connectivity index (χ4v) is 8.01. The number of allylic oxidation sites excluding steroid dienone is 4. The van der Waals surface area contributed by atoms with Crippen molar-refractivity contribution >= 4 is 17.9 Å². The molecule has 0 bridgehead atoms. The van der Waals surface area contributed by atoms with Crippen LogP contribution < -0.4 is 0 Å². The van der Waals surface area contributed by atoms with Crippen LogP contribution in [0.4, 0.5) is 0 Å². The van der Waals surface area contributed by atoms with Crippen molar-refractivity contribution in [3.8, 4) is 0 Å². The molecule has 1 atom stereocenters. The molecule has 0 fully saturated rings. The van der Waals surface area contributed by atoms with Crippen molar-refractivity contribution in [2.75, 3.05) is 13.2 Å². The number of hydrogen-bond donors (Lipinski definition) is 0. The second-order valence-electron chi connectivity index (χ2n) is 18.5. The molecule has 0 spiro atoms. The molecule has 0 amide bonds. The van der Waals surface area contributed by atoms with Crippen molar-refractivity contribution in [1.29, 1.82) is 0 Å². The summed E-state index contributed by atoms with van der Waals surface area (Å²) < 4.78 is 16.8. The van der Waals surface area contributed by atoms with E-state index in [9.17, 15) is 14.4 Å². The molecule has 364 valence electrons. The third-order valence-corrected chi connectivity index (χ3v) is 12.2. The molecular formula is C56H104O6. The van der Waals surface area contributed by atoms with Gasteiger partial charge in [0.15, 0.2) is 6.10 Å². The van der Waals surface area contributed by atoms with Crippen molar-refractivity contribution in [3.05, 3.63) is 24.3 Å². The molecule has 0 saturated carbocycles. The Hall–Kier alpha value is -2.11. The lowest BCUT2D eigenvalue weighted by molar-refractivity contribution is -0.167. The lowest BCUT2D eigenvalue weighted by Crippen LogP contribution is -2.30. The highest BCUT2D eigenvalue weighted by atomic mass is 16.6. The fraction of sp³-hybridized carbons (Fsp3) is 0.875. The SMILES string of the molecule is CCCC/C=C\CCCCCCC(=O)OCC(COC(=O)CCCCCCCCCCCCCCCCCCCC)OC(=O)CCCCCCC/C=C\CCCCCCCCC. The zero-order chi connectivity index (χ0) is 45.1. The van der Waals surface area contributed by atoms with Crippen LogP contribution in [0.15, 0.2) is 24.3 Å². The highest BCUT2D eigenvalue weighted by Gasteiger charge is 2.19. The molecule has 62 heavy (non-hydrogen) atoms. The first-order valence-electron chi connectivity index (χ1n) is 27.3. The number of carbonyl (C=O) groups excluding carboxylic acids is 3. The highest BCUT2D eigenvalue weighted by molar-refractivity contribution is 5.71. The molecule has 6 heteroatoms. The Morgan fingerprint density at radius 1 is 0.306 bits per heavy atom. The van der Waals surface area contributed by atoms with Gasteiger partial charge in [-0.15, -0.1) is 0 Å². The summed E-state index contributed by atoms with van der Waals surface area (Å²) in [6.45, 7) is 6.61. The van der Waals surface area contributed by atoms with Crippen LogP contribution in [-0.4, -0.2) is 37.2 Å². The van der Waals surface area contributed by atoms with Crippen molar-refractivity contribution in [1.82, 2.24) is 0 Å². The molecule has 0 N–H and O–H groups in total. The van der Waals surface area contributed by atoms with E-state index >= 15 is 0 Å². The van der Waals surface area contributed by atoms with E-state index in [1.807, 2.05) is 0 Å². The van der Waals surface area contributed by atoms with E-state index in [0.717, 1.165) is 83.5 Å². The molecule has 6 nitrogen and oxygen atoms in total. The Bertz CT molecular complexity index is 1000. The molecule has 0 rings (SSSR count). The average Bonchev–Trinajstić information content (AvgIpc) is 3.27. The van der Waals surface area contributed by atoms with Gasteiger partial charge >= 0.3 is 17.9 Å². The molecule has 0 aliphatic rings. The average molecular weight is 873 g/mol. The van der Waals surface area contributed by atoms with E-state index in [0.29, 0.717) is 19.3 Å². The lowest BCUT2D eigenvalue weighted by Gasteiger charge is -2.18. The van der Waals surface area contributed by atoms with Crippen molar-refractivity contribution < 1.29 is 28.6 Å². The zero-order valence-corrected chi connectivity index (χ0v) is 41.7. The van der Waals surface area contributed by atoms with Gasteiger partial charge in [-0.05, 0) is 64.2 Å². The van der Waals surface area contributed by atoms with E-state index in [-0.39, 0.29) is 31.1 Å². The first kappa shape index (κ1) is 59.9. The van der Waals surface area contributed by atoms with Gasteiger partial charge in [-0.25, -0.2) is 0 Å². The van der Waals surface area contributed by atoms with Crippen molar-refractivity contribution in [2.24, 2.45) is 0 Å². The molecule has 0 aromatic heterocycles. The minimum atomic E-state index is -0.775. The standard InChI is InChI=1S/C56H104O6/c1-4-7-10-13-16-19-22-24-26-28-29-31-32-34-37-40-43-46-49-55(58)61-52-53(51-60-54(57)48-45-42-39-36-21-18-15-12-9-6-3)62-56(59)50-47-44-41-38-35-33-30-27-25-23-20-17-14-11-8-5-2/h15,18,27,30,53H,4-14,16-17,19-26,28-29,31-52H2,1-3H3/b18-15-,30-27-. The molecule has 0 aromatic rings. The maximum Gasteiger partial charge on any atom is 0.306 e. The number of esters is 3. The topological polar surface area (TPSA) is 78.9 Å². The van der Waals surface area contributed by atoms with Crippen LogP contribution in [0, 0.1) is 0 Å². The first-order valence-corrected chi connectivity index (χ1v) is 27.3. The van der Waals surface area contributed by atoms with Gasteiger partial charge in [-0.2, -0.15) is 0 Å². The quantitative estimate of drug-likeness (QED) is 0.0262. The fourth-order valence-electron chi connectivity index (χ4n) is 8.01. The molecule has 0 radical (unpaired) electrons. The number of carbonyl (C=O) groups is 3. The number of ether oxygens (including phenoxy) is 3. The van der Waals surface area contributed by atoms with Crippen LogP contribution in [0.2, 0.25) is 0 Å². The molecular weight excluding hydrogens is 769 g/mol. The summed E-state index contributed by atoms with van der Waals surface area (Å²) in [5, 5.41) is 0. The molecule has 0 saturated heterocycles. The summed E-state index contributed by atoms with van der Waals surface area (Å²) >= 11 is 0. The molecule has 1 unspecified atom stereocenters. The summed E-state index contributed by atoms with van der Waals surface area (Å²) in [6.07, 6.45) is 58.8. The number of rotatable bonds is 50. The first-order chi connectivity index (χ1) is 30.5. The van der Waals surface area contributed by atoms with Gasteiger partial charge in [0, 0.05) is 19.3 Å². The summed E-state index contributed by atoms with van der Waals surface area (Å²) in [5.41, 5.74) is 0. The normalized spacial score (nSPS) is 12.1. The Balaban J connectivity index is 4.29. The zero-order valence-electron chi connectivity index (χ0n) is 41.7. The van der Waals surface area contributed by atoms with Gasteiger partial charge in [0.1, 0.15) is 13.2 Å². The van der Waals surface area contributed by atoms with E-state index in [1.54, 1.807) is 0 Å². The van der Waals surface area contributed by atoms with Crippen LogP contribution in [-0.2, 0) is 28.6 Å². The molecule has 0 aromatic carbocycles. The second-order valence-corrected chi connectivity index (χ2v) is 18.5. The number of hydrogen-bond acceptors (Lipinski definition) is 6. The van der Waals surface area contributed by atoms with Crippen molar-refractivity contribution in [3.63, 3.8) is 0 Å². The van der Waals surface area contributed by atoms with Crippen molar-refractivity contribution in [2.45, 2.75) is 303 Å². The summed E-state index contributed by atoms with van der Waals surface area (Å²) in [5.74, 6) is -0.882. The molecule has 0 aliphatic heterocycles. The van der Waals surface area contributed by atoms with E-state index < -0.39 is 6.10 Å². The van der Waals surface area contributed by atoms with Crippen LogP contribution in [0.25, 0.3) is 0 Å². The van der Waals surface area contributed by atoms with Gasteiger partial charge in [0.05, 0.1) is 0 Å². The lowest BCUT2D eigenvalue weighted by atomic mass is 10.0. The highest BCUT2D eigenvalue weighted by Crippen LogP contribution is 2.16. The smallest absolute Gasteiger partial charge is 0.306 e. The van der Waals surface area contributed by atoms with Gasteiger partial charge in [0.2, 0.25) is 0 Å². The Labute approximate surface area is 385 Å². The minimum absolute atomic E-state index is 0.0743. The van der Waals surface area contributed by atoms with Gasteiger partial charge in [-0.3, -0.25) is 14.4 Å². The monoisotopic (exact) mass is 873 g/mol. The maximum atomic E-state index is 12.8. The predicted molar refractivity (Wildman–Crippen MR) is 266 cm³/mol. The Morgan fingerprint density at radius 3 is 0.855 bits per heavy atom. The third kappa shape index (κ3) is 48.9. The van der Waals surface area contributed by atoms with Crippen LogP contribution >= 0.6 is 0 Å². The summed E-state index contributed by atoms with van der Waals surface area (Å²) in [6, 6.07) is 0. The van der Waals surface area contributed by atoms with Crippen LogP contribution in [0.5, 0.6) is 0 Å².